The van der Waals surface area contributed by atoms with Crippen molar-refractivity contribution in [3.8, 4) is 0 Å². The fourth-order valence-corrected chi connectivity index (χ4v) is 1.63. The van der Waals surface area contributed by atoms with Crippen molar-refractivity contribution in [2.24, 2.45) is 0 Å². The number of halogens is 1. The third-order valence-corrected chi connectivity index (χ3v) is 2.73. The standard InChI is InChI=1S/C9H13BrN4O3/c1-3-4-11-9(15)6(2)13-5-7(10)8(12-13)14(16)17/h5-6H,3-4H2,1-2H3,(H,11,15). The summed E-state index contributed by atoms with van der Waals surface area (Å²) in [5.74, 6) is -0.503. The number of carbonyl (C=O) groups is 1. The Balaban J connectivity index is 2.82. The van der Waals surface area contributed by atoms with Crippen LogP contribution in [-0.4, -0.2) is 27.2 Å². The molecule has 1 atom stereocenters. The second-order valence-corrected chi connectivity index (χ2v) is 4.36. The minimum atomic E-state index is -0.600. The molecular formula is C9H13BrN4O3. The Morgan fingerprint density at radius 1 is 1.76 bits per heavy atom. The lowest BCUT2D eigenvalue weighted by Gasteiger charge is -2.08. The summed E-state index contributed by atoms with van der Waals surface area (Å²) in [5.41, 5.74) is 0. The highest BCUT2D eigenvalue weighted by Gasteiger charge is 2.24. The molecule has 1 rings (SSSR count). The molecule has 0 bridgehead atoms. The summed E-state index contributed by atoms with van der Waals surface area (Å²) in [7, 11) is 0. The molecule has 1 aromatic rings. The molecule has 0 aliphatic heterocycles. The number of hydrogen-bond acceptors (Lipinski definition) is 4. The minimum absolute atomic E-state index is 0.211. The van der Waals surface area contributed by atoms with Gasteiger partial charge in [0.25, 0.3) is 0 Å². The van der Waals surface area contributed by atoms with Gasteiger partial charge in [-0.25, -0.2) is 0 Å². The molecule has 0 aliphatic carbocycles. The van der Waals surface area contributed by atoms with Crippen molar-refractivity contribution in [3.63, 3.8) is 0 Å². The highest BCUT2D eigenvalue weighted by molar-refractivity contribution is 9.10. The largest absolute Gasteiger partial charge is 0.404 e. The van der Waals surface area contributed by atoms with Crippen molar-refractivity contribution in [3.05, 3.63) is 20.8 Å². The van der Waals surface area contributed by atoms with Crippen LogP contribution in [0.25, 0.3) is 0 Å². The molecule has 0 aliphatic rings. The topological polar surface area (TPSA) is 90.1 Å². The lowest BCUT2D eigenvalue weighted by Crippen LogP contribution is -2.31. The van der Waals surface area contributed by atoms with E-state index < -0.39 is 11.0 Å². The molecule has 1 unspecified atom stereocenters. The zero-order valence-electron chi connectivity index (χ0n) is 9.51. The molecular weight excluding hydrogens is 292 g/mol. The fraction of sp³-hybridized carbons (Fsp3) is 0.556. The first-order valence-corrected chi connectivity index (χ1v) is 5.93. The van der Waals surface area contributed by atoms with Gasteiger partial charge in [-0.05, 0) is 34.2 Å². The summed E-state index contributed by atoms with van der Waals surface area (Å²) >= 11 is 3.03. The quantitative estimate of drug-likeness (QED) is 0.661. The van der Waals surface area contributed by atoms with Gasteiger partial charge in [-0.2, -0.15) is 4.68 Å². The van der Waals surface area contributed by atoms with Crippen LogP contribution in [0.3, 0.4) is 0 Å². The molecule has 7 nitrogen and oxygen atoms in total. The lowest BCUT2D eigenvalue weighted by atomic mass is 10.3. The van der Waals surface area contributed by atoms with Gasteiger partial charge in [-0.15, -0.1) is 0 Å². The van der Waals surface area contributed by atoms with Crippen LogP contribution in [0.2, 0.25) is 0 Å². The highest BCUT2D eigenvalue weighted by Crippen LogP contribution is 2.23. The zero-order chi connectivity index (χ0) is 13.0. The third kappa shape index (κ3) is 3.26. The number of hydrogen-bond donors (Lipinski definition) is 1. The lowest BCUT2D eigenvalue weighted by molar-refractivity contribution is -0.390. The van der Waals surface area contributed by atoms with E-state index >= 15 is 0 Å². The second-order valence-electron chi connectivity index (χ2n) is 3.50. The van der Waals surface area contributed by atoms with Gasteiger partial charge in [0, 0.05) is 6.54 Å². The summed E-state index contributed by atoms with van der Waals surface area (Å²) < 4.78 is 1.53. The Labute approximate surface area is 106 Å². The van der Waals surface area contributed by atoms with Crippen LogP contribution in [0, 0.1) is 10.1 Å². The minimum Gasteiger partial charge on any atom is -0.358 e. The predicted molar refractivity (Wildman–Crippen MR) is 64.6 cm³/mol. The summed E-state index contributed by atoms with van der Waals surface area (Å²) in [6.07, 6.45) is 2.26. The first-order valence-electron chi connectivity index (χ1n) is 5.14. The number of nitro groups is 1. The maximum Gasteiger partial charge on any atom is 0.404 e. The Bertz CT molecular complexity index is 432. The maximum absolute atomic E-state index is 11.6. The van der Waals surface area contributed by atoms with E-state index in [0.717, 1.165) is 6.42 Å². The summed E-state index contributed by atoms with van der Waals surface area (Å²) in [6.45, 7) is 4.15. The van der Waals surface area contributed by atoms with Gasteiger partial charge in [0.05, 0.1) is 11.3 Å². The van der Waals surface area contributed by atoms with E-state index in [2.05, 4.69) is 26.3 Å². The predicted octanol–water partition coefficient (Wildman–Crippen LogP) is 1.64. The average molecular weight is 305 g/mol. The molecule has 8 heteroatoms. The van der Waals surface area contributed by atoms with E-state index in [1.807, 2.05) is 6.92 Å². The molecule has 1 amide bonds. The van der Waals surface area contributed by atoms with Crippen LogP contribution in [0.1, 0.15) is 26.3 Å². The van der Waals surface area contributed by atoms with Gasteiger partial charge in [0.2, 0.25) is 5.91 Å². The monoisotopic (exact) mass is 304 g/mol. The number of carbonyl (C=O) groups excluding carboxylic acids is 1. The van der Waals surface area contributed by atoms with Crippen molar-refractivity contribution in [1.29, 1.82) is 0 Å². The van der Waals surface area contributed by atoms with E-state index in [9.17, 15) is 14.9 Å². The number of nitrogens with zero attached hydrogens (tertiary/aromatic N) is 3. The molecule has 0 fully saturated rings. The number of rotatable bonds is 5. The molecule has 0 radical (unpaired) electrons. The molecule has 0 saturated heterocycles. The number of nitrogens with one attached hydrogen (secondary N) is 1. The van der Waals surface area contributed by atoms with E-state index in [0.29, 0.717) is 6.54 Å². The van der Waals surface area contributed by atoms with Crippen LogP contribution in [-0.2, 0) is 4.79 Å². The van der Waals surface area contributed by atoms with Crippen LogP contribution in [0.5, 0.6) is 0 Å². The Morgan fingerprint density at radius 2 is 2.41 bits per heavy atom. The van der Waals surface area contributed by atoms with Crippen molar-refractivity contribution in [2.45, 2.75) is 26.3 Å². The van der Waals surface area contributed by atoms with Crippen molar-refractivity contribution < 1.29 is 9.72 Å². The number of amides is 1. The van der Waals surface area contributed by atoms with Gasteiger partial charge in [-0.3, -0.25) is 4.79 Å². The molecule has 0 spiro atoms. The SMILES string of the molecule is CCCNC(=O)C(C)n1cc(Br)c([N+](=O)[O-])n1. The first kappa shape index (κ1) is 13.6. The van der Waals surface area contributed by atoms with Crippen LogP contribution < -0.4 is 5.32 Å². The Hall–Kier alpha value is -1.44. The van der Waals surface area contributed by atoms with Gasteiger partial charge in [0.15, 0.2) is 0 Å². The number of aromatic nitrogens is 2. The van der Waals surface area contributed by atoms with E-state index in [4.69, 9.17) is 0 Å². The van der Waals surface area contributed by atoms with E-state index in [1.54, 1.807) is 6.92 Å². The summed E-state index contributed by atoms with van der Waals surface area (Å²) in [4.78, 5) is 21.6. The second kappa shape index (κ2) is 5.76. The Morgan fingerprint density at radius 3 is 2.88 bits per heavy atom. The highest BCUT2D eigenvalue weighted by atomic mass is 79.9. The van der Waals surface area contributed by atoms with E-state index in [-0.39, 0.29) is 16.2 Å². The molecule has 1 N–H and O–H groups in total. The van der Waals surface area contributed by atoms with Crippen molar-refractivity contribution in [1.82, 2.24) is 15.1 Å². The Kier molecular flexibility index (Phi) is 4.62. The van der Waals surface area contributed by atoms with Crippen LogP contribution in [0.4, 0.5) is 5.82 Å². The first-order chi connectivity index (χ1) is 7.97. The molecule has 17 heavy (non-hydrogen) atoms. The van der Waals surface area contributed by atoms with Crippen molar-refractivity contribution >= 4 is 27.7 Å². The molecule has 1 aromatic heterocycles. The van der Waals surface area contributed by atoms with Gasteiger partial charge in [0.1, 0.15) is 10.5 Å². The molecule has 0 aromatic carbocycles. The zero-order valence-corrected chi connectivity index (χ0v) is 11.1. The average Bonchev–Trinajstić information content (AvgIpc) is 2.67. The van der Waals surface area contributed by atoms with Crippen LogP contribution >= 0.6 is 15.9 Å². The summed E-state index contributed by atoms with van der Waals surface area (Å²) in [6, 6.07) is -0.577. The smallest absolute Gasteiger partial charge is 0.358 e. The van der Waals surface area contributed by atoms with Gasteiger partial charge >= 0.3 is 5.82 Å². The fourth-order valence-electron chi connectivity index (χ4n) is 1.20. The van der Waals surface area contributed by atoms with Gasteiger partial charge < -0.3 is 15.4 Å². The molecule has 0 saturated carbocycles. The maximum atomic E-state index is 11.6. The molecule has 1 heterocycles. The van der Waals surface area contributed by atoms with E-state index in [1.165, 1.54) is 10.9 Å². The van der Waals surface area contributed by atoms with Crippen LogP contribution in [0.15, 0.2) is 10.7 Å². The third-order valence-electron chi connectivity index (χ3n) is 2.17. The van der Waals surface area contributed by atoms with Gasteiger partial charge in [-0.1, -0.05) is 6.92 Å². The van der Waals surface area contributed by atoms with Crippen molar-refractivity contribution in [2.75, 3.05) is 6.54 Å². The normalized spacial score (nSPS) is 12.2. The summed E-state index contributed by atoms with van der Waals surface area (Å²) in [5, 5.41) is 17.1. The molecule has 94 valence electrons.